The van der Waals surface area contributed by atoms with Gasteiger partial charge in [0.15, 0.2) is 0 Å². The van der Waals surface area contributed by atoms with Gasteiger partial charge in [0.25, 0.3) is 0 Å². The molecule has 0 saturated heterocycles. The van der Waals surface area contributed by atoms with Gasteiger partial charge in [-0.3, -0.25) is 0 Å². The van der Waals surface area contributed by atoms with E-state index in [0.29, 0.717) is 17.2 Å². The zero-order valence-electron chi connectivity index (χ0n) is 10.8. The fourth-order valence-electron chi connectivity index (χ4n) is 2.13. The molecule has 1 heterocycles. The molecule has 0 aliphatic rings. The average Bonchev–Trinajstić information content (AvgIpc) is 2.62. The molecule has 2 aromatic rings. The summed E-state index contributed by atoms with van der Waals surface area (Å²) in [6.07, 6.45) is 3.35. The average molecular weight is 266 g/mol. The Balaban J connectivity index is 2.51. The van der Waals surface area contributed by atoms with Crippen molar-refractivity contribution in [1.29, 1.82) is 0 Å². The van der Waals surface area contributed by atoms with Crippen molar-refractivity contribution in [3.63, 3.8) is 0 Å². The van der Waals surface area contributed by atoms with E-state index in [0.717, 1.165) is 22.9 Å². The number of rotatable bonds is 4. The van der Waals surface area contributed by atoms with E-state index in [4.69, 9.17) is 16.3 Å². The molecule has 0 fully saturated rings. The van der Waals surface area contributed by atoms with Crippen molar-refractivity contribution in [3.8, 4) is 5.75 Å². The summed E-state index contributed by atoms with van der Waals surface area (Å²) in [4.78, 5) is 11.1. The number of methoxy groups -OCH3 is 1. The summed E-state index contributed by atoms with van der Waals surface area (Å²) >= 11 is 6.12. The van der Waals surface area contributed by atoms with Crippen LogP contribution in [0.3, 0.4) is 0 Å². The van der Waals surface area contributed by atoms with Gasteiger partial charge >= 0.3 is 0 Å². The lowest BCUT2D eigenvalue weighted by atomic mass is 10.1. The molecule has 0 radical (unpaired) electrons. The van der Waals surface area contributed by atoms with Gasteiger partial charge in [0.1, 0.15) is 11.5 Å². The van der Waals surface area contributed by atoms with Crippen molar-refractivity contribution in [2.45, 2.75) is 19.8 Å². The van der Waals surface area contributed by atoms with Gasteiger partial charge in [-0.2, -0.15) is 0 Å². The summed E-state index contributed by atoms with van der Waals surface area (Å²) in [6, 6.07) is 3.83. The zero-order chi connectivity index (χ0) is 13.3. The highest BCUT2D eigenvalue weighted by Gasteiger charge is 2.11. The van der Waals surface area contributed by atoms with Crippen LogP contribution in [-0.4, -0.2) is 17.5 Å². The topological polar surface area (TPSA) is 31.2 Å². The predicted molar refractivity (Wildman–Crippen MR) is 73.5 cm³/mol. The van der Waals surface area contributed by atoms with Crippen LogP contribution in [0.25, 0.3) is 10.9 Å². The van der Waals surface area contributed by atoms with Gasteiger partial charge in [-0.15, -0.1) is 0 Å². The maximum absolute atomic E-state index is 11.1. The molecule has 0 unspecified atom stereocenters. The van der Waals surface area contributed by atoms with Gasteiger partial charge in [-0.25, -0.2) is 0 Å². The Bertz CT molecular complexity index is 601. The number of carbonyl (C=O) groups excluding carboxylic acids is 1. The molecule has 0 N–H and O–H groups in total. The number of aryl methyl sites for hydroxylation is 2. The lowest BCUT2D eigenvalue weighted by Crippen LogP contribution is -1.93. The van der Waals surface area contributed by atoms with Crippen LogP contribution >= 0.6 is 11.6 Å². The van der Waals surface area contributed by atoms with Crippen LogP contribution in [-0.2, 0) is 18.3 Å². The number of halogens is 1. The molecule has 4 heteroatoms. The molecule has 0 saturated carbocycles. The Morgan fingerprint density at radius 3 is 2.78 bits per heavy atom. The summed E-state index contributed by atoms with van der Waals surface area (Å²) in [5.74, 6) is 0.868. The molecule has 0 bridgehead atoms. The van der Waals surface area contributed by atoms with E-state index in [9.17, 15) is 4.79 Å². The maximum Gasteiger partial charge on any atom is 0.138 e. The van der Waals surface area contributed by atoms with Crippen LogP contribution in [0.1, 0.15) is 18.9 Å². The van der Waals surface area contributed by atoms with Gasteiger partial charge in [-0.1, -0.05) is 11.6 Å². The van der Waals surface area contributed by atoms with Gasteiger partial charge in [0.2, 0.25) is 0 Å². The van der Waals surface area contributed by atoms with Crippen LogP contribution in [0.4, 0.5) is 0 Å². The van der Waals surface area contributed by atoms with Crippen molar-refractivity contribution < 1.29 is 9.53 Å². The highest BCUT2D eigenvalue weighted by Crippen LogP contribution is 2.32. The van der Waals surface area contributed by atoms with Gasteiger partial charge in [0, 0.05) is 30.6 Å². The van der Waals surface area contributed by atoms with Crippen LogP contribution in [0, 0.1) is 0 Å². The van der Waals surface area contributed by atoms with E-state index in [1.807, 2.05) is 29.9 Å². The third-order valence-corrected chi connectivity index (χ3v) is 3.39. The van der Waals surface area contributed by atoms with E-state index < -0.39 is 0 Å². The highest BCUT2D eigenvalue weighted by molar-refractivity contribution is 6.32. The molecule has 0 aliphatic carbocycles. The Kier molecular flexibility index (Phi) is 3.62. The third kappa shape index (κ3) is 2.36. The quantitative estimate of drug-likeness (QED) is 0.849. The molecule has 96 valence electrons. The number of hydrogen-bond donors (Lipinski definition) is 0. The van der Waals surface area contributed by atoms with Gasteiger partial charge in [0.05, 0.1) is 12.1 Å². The number of hydrogen-bond acceptors (Lipinski definition) is 2. The predicted octanol–water partition coefficient (Wildman–Crippen LogP) is 3.36. The highest BCUT2D eigenvalue weighted by atomic mass is 35.5. The van der Waals surface area contributed by atoms with Gasteiger partial charge < -0.3 is 14.1 Å². The zero-order valence-corrected chi connectivity index (χ0v) is 11.5. The van der Waals surface area contributed by atoms with Crippen molar-refractivity contribution in [2.75, 3.05) is 7.11 Å². The first kappa shape index (κ1) is 13.0. The molecule has 18 heavy (non-hydrogen) atoms. The first-order valence-corrected chi connectivity index (χ1v) is 6.21. The smallest absolute Gasteiger partial charge is 0.138 e. The fraction of sp³-hybridized carbons (Fsp3) is 0.357. The Hall–Kier alpha value is -1.48. The largest absolute Gasteiger partial charge is 0.495 e. The molecule has 0 spiro atoms. The van der Waals surface area contributed by atoms with Crippen molar-refractivity contribution in [3.05, 3.63) is 28.9 Å². The molecule has 2 rings (SSSR count). The maximum atomic E-state index is 11.1. The fourth-order valence-corrected chi connectivity index (χ4v) is 2.37. The molecule has 1 aromatic heterocycles. The summed E-state index contributed by atoms with van der Waals surface area (Å²) in [7, 11) is 3.58. The lowest BCUT2D eigenvalue weighted by molar-refractivity contribution is -0.116. The SMILES string of the molecule is COc1cc2c(CCC(C)=O)cn(C)c2cc1Cl. The Labute approximate surface area is 111 Å². The Morgan fingerprint density at radius 2 is 2.17 bits per heavy atom. The first-order chi connectivity index (χ1) is 8.52. The van der Waals surface area contributed by atoms with Crippen LogP contribution in [0.5, 0.6) is 5.75 Å². The first-order valence-electron chi connectivity index (χ1n) is 5.83. The molecular weight excluding hydrogens is 250 g/mol. The second-order valence-corrected chi connectivity index (χ2v) is 4.88. The number of ether oxygens (including phenoxy) is 1. The number of carbonyl (C=O) groups is 1. The minimum Gasteiger partial charge on any atom is -0.495 e. The van der Waals surface area contributed by atoms with Crippen molar-refractivity contribution in [1.82, 2.24) is 4.57 Å². The lowest BCUT2D eigenvalue weighted by Gasteiger charge is -2.04. The number of aromatic nitrogens is 1. The van der Waals surface area contributed by atoms with Crippen LogP contribution in [0.2, 0.25) is 5.02 Å². The van der Waals surface area contributed by atoms with Gasteiger partial charge in [-0.05, 0) is 31.0 Å². The van der Waals surface area contributed by atoms with Crippen molar-refractivity contribution in [2.24, 2.45) is 7.05 Å². The van der Waals surface area contributed by atoms with Crippen molar-refractivity contribution >= 4 is 28.3 Å². The number of nitrogens with zero attached hydrogens (tertiary/aromatic N) is 1. The van der Waals surface area contributed by atoms with Crippen LogP contribution in [0.15, 0.2) is 18.3 Å². The minimum absolute atomic E-state index is 0.202. The second kappa shape index (κ2) is 5.02. The molecule has 1 aromatic carbocycles. The Morgan fingerprint density at radius 1 is 1.44 bits per heavy atom. The van der Waals surface area contributed by atoms with E-state index >= 15 is 0 Å². The summed E-state index contributed by atoms with van der Waals surface area (Å²) in [5, 5.41) is 1.70. The normalized spacial score (nSPS) is 10.9. The monoisotopic (exact) mass is 265 g/mol. The molecule has 3 nitrogen and oxygen atoms in total. The molecule has 0 atom stereocenters. The number of benzene rings is 1. The number of fused-ring (bicyclic) bond motifs is 1. The number of ketones is 1. The van der Waals surface area contributed by atoms with E-state index in [-0.39, 0.29) is 5.78 Å². The van der Waals surface area contributed by atoms with E-state index in [2.05, 4.69) is 0 Å². The van der Waals surface area contributed by atoms with E-state index in [1.54, 1.807) is 14.0 Å². The number of Topliss-reactive ketones (excluding diaryl/α,β-unsaturated/α-hetero) is 1. The van der Waals surface area contributed by atoms with Crippen LogP contribution < -0.4 is 4.74 Å². The summed E-state index contributed by atoms with van der Waals surface area (Å²) in [6.45, 7) is 1.61. The molecule has 0 aliphatic heterocycles. The summed E-state index contributed by atoms with van der Waals surface area (Å²) < 4.78 is 7.26. The summed E-state index contributed by atoms with van der Waals surface area (Å²) in [5.41, 5.74) is 2.21. The van der Waals surface area contributed by atoms with E-state index in [1.165, 1.54) is 0 Å². The molecular formula is C14H16ClNO2. The standard InChI is InChI=1S/C14H16ClNO2/c1-9(17)4-5-10-8-16(2)13-7-12(15)14(18-3)6-11(10)13/h6-8H,4-5H2,1-3H3. The third-order valence-electron chi connectivity index (χ3n) is 3.09. The second-order valence-electron chi connectivity index (χ2n) is 4.47. The molecule has 0 amide bonds. The minimum atomic E-state index is 0.202.